The first-order valence-corrected chi connectivity index (χ1v) is 5.96. The number of carbonyl (C=O) groups is 1. The Bertz CT molecular complexity index is 402. The van der Waals surface area contributed by atoms with Crippen molar-refractivity contribution < 1.29 is 46.7 Å². The van der Waals surface area contributed by atoms with Crippen LogP contribution >= 0.6 is 0 Å². The lowest BCUT2D eigenvalue weighted by Gasteiger charge is -2.39. The van der Waals surface area contributed by atoms with Crippen LogP contribution in [0.2, 0.25) is 0 Å². The molecule has 0 bridgehead atoms. The molecule has 0 aromatic heterocycles. The number of hydrogen-bond acceptors (Lipinski definition) is 8. The summed E-state index contributed by atoms with van der Waals surface area (Å²) in [5.41, 5.74) is 0. The van der Waals surface area contributed by atoms with Crippen molar-refractivity contribution in [2.45, 2.75) is 30.7 Å². The minimum atomic E-state index is -4.94. The van der Waals surface area contributed by atoms with E-state index in [-0.39, 0.29) is 0 Å². The Hall–Kier alpha value is -0.820. The van der Waals surface area contributed by atoms with Gasteiger partial charge in [-0.3, -0.25) is 4.55 Å². The Morgan fingerprint density at radius 2 is 1.83 bits per heavy atom. The van der Waals surface area contributed by atoms with Gasteiger partial charge < -0.3 is 24.8 Å². The van der Waals surface area contributed by atoms with Gasteiger partial charge in [-0.2, -0.15) is 8.42 Å². The molecule has 0 amide bonds. The van der Waals surface area contributed by atoms with E-state index in [9.17, 15) is 23.4 Å². The minimum absolute atomic E-state index is 1.04. The largest absolute Gasteiger partial charge is 0.479 e. The lowest BCUT2D eigenvalue weighted by atomic mass is 9.99. The van der Waals surface area contributed by atoms with Crippen LogP contribution < -0.4 is 0 Å². The normalized spacial score (nSPS) is 37.4. The third kappa shape index (κ3) is 3.35. The van der Waals surface area contributed by atoms with Gasteiger partial charge in [-0.05, 0) is 0 Å². The Morgan fingerprint density at radius 1 is 1.28 bits per heavy atom. The molecule has 0 saturated carbocycles. The summed E-state index contributed by atoms with van der Waals surface area (Å²) in [6.07, 6.45) is -9.08. The quantitative estimate of drug-likeness (QED) is 0.402. The van der Waals surface area contributed by atoms with Crippen molar-refractivity contribution in [1.82, 2.24) is 0 Å². The molecule has 1 aliphatic rings. The van der Waals surface area contributed by atoms with Crippen molar-refractivity contribution in [3.63, 3.8) is 0 Å². The second-order valence-corrected chi connectivity index (χ2v) is 4.52. The maximum absolute atomic E-state index is 10.7. The molecule has 1 heterocycles. The average Bonchev–Trinajstić information content (AvgIpc) is 2.23. The van der Waals surface area contributed by atoms with E-state index >= 15 is 0 Å². The molecule has 1 rings (SSSR count). The van der Waals surface area contributed by atoms with Gasteiger partial charge in [0.05, 0.1) is 0 Å². The molecule has 5 atom stereocenters. The van der Waals surface area contributed by atoms with Crippen LogP contribution in [0.4, 0.5) is 0 Å². The second-order valence-electron chi connectivity index (χ2n) is 3.47. The van der Waals surface area contributed by atoms with Crippen LogP contribution in [0.3, 0.4) is 0 Å². The summed E-state index contributed by atoms with van der Waals surface area (Å²) in [5, 5.41) is 27.7. The Balaban J connectivity index is 2.95. The highest BCUT2D eigenvalue weighted by Gasteiger charge is 2.50. The standard InChI is InChI=1S/C7H12O10S/c1-15-7-5(17-18(12,13)14)3(9)2(8)4(16-7)6(10)11/h2-5,7-9H,1H3,(H,10,11)(H,12,13,14)/t2-,3+,4?,5?,7?/m1/s1. The fourth-order valence-corrected chi connectivity index (χ4v) is 1.96. The molecular formula is C7H12O10S. The third-order valence-electron chi connectivity index (χ3n) is 2.25. The summed E-state index contributed by atoms with van der Waals surface area (Å²) in [4.78, 5) is 10.7. The molecule has 4 N–H and O–H groups in total. The van der Waals surface area contributed by atoms with Gasteiger partial charge in [-0.15, -0.1) is 0 Å². The van der Waals surface area contributed by atoms with Crippen molar-refractivity contribution >= 4 is 16.4 Å². The number of aliphatic hydroxyl groups excluding tert-OH is 2. The average molecular weight is 288 g/mol. The molecule has 3 unspecified atom stereocenters. The number of rotatable bonds is 4. The van der Waals surface area contributed by atoms with Gasteiger partial charge in [0.15, 0.2) is 18.5 Å². The van der Waals surface area contributed by atoms with Crippen molar-refractivity contribution in [2.75, 3.05) is 7.11 Å². The highest BCUT2D eigenvalue weighted by molar-refractivity contribution is 7.80. The molecule has 0 aromatic rings. The van der Waals surface area contributed by atoms with Gasteiger partial charge in [-0.1, -0.05) is 0 Å². The van der Waals surface area contributed by atoms with E-state index in [4.69, 9.17) is 14.4 Å². The smallest absolute Gasteiger partial charge is 0.397 e. The lowest BCUT2D eigenvalue weighted by molar-refractivity contribution is -0.281. The van der Waals surface area contributed by atoms with E-state index in [0.29, 0.717) is 0 Å². The van der Waals surface area contributed by atoms with Crippen LogP contribution in [-0.2, 0) is 28.9 Å². The van der Waals surface area contributed by atoms with E-state index in [1.54, 1.807) is 0 Å². The zero-order valence-corrected chi connectivity index (χ0v) is 9.85. The molecule has 0 spiro atoms. The number of hydrogen-bond donors (Lipinski definition) is 4. The van der Waals surface area contributed by atoms with Gasteiger partial charge in [0, 0.05) is 7.11 Å². The molecule has 0 aliphatic carbocycles. The van der Waals surface area contributed by atoms with Crippen LogP contribution in [0.15, 0.2) is 0 Å². The number of carboxylic acids is 1. The van der Waals surface area contributed by atoms with Crippen LogP contribution in [-0.4, -0.2) is 72.1 Å². The van der Waals surface area contributed by atoms with Gasteiger partial charge >= 0.3 is 16.4 Å². The summed E-state index contributed by atoms with van der Waals surface area (Å²) in [6, 6.07) is 0. The number of methoxy groups -OCH3 is 1. The topological polar surface area (TPSA) is 160 Å². The van der Waals surface area contributed by atoms with E-state index < -0.39 is 47.1 Å². The van der Waals surface area contributed by atoms with Gasteiger partial charge in [0.25, 0.3) is 0 Å². The molecule has 1 fully saturated rings. The summed E-state index contributed by atoms with van der Waals surface area (Å²) >= 11 is 0. The van der Waals surface area contributed by atoms with Crippen molar-refractivity contribution in [3.8, 4) is 0 Å². The molecule has 0 radical (unpaired) electrons. The van der Waals surface area contributed by atoms with Crippen molar-refractivity contribution in [3.05, 3.63) is 0 Å². The van der Waals surface area contributed by atoms with Crippen molar-refractivity contribution in [1.29, 1.82) is 0 Å². The van der Waals surface area contributed by atoms with Gasteiger partial charge in [0.2, 0.25) is 0 Å². The highest BCUT2D eigenvalue weighted by Crippen LogP contribution is 2.25. The number of aliphatic carboxylic acids is 1. The molecule has 1 aliphatic heterocycles. The maximum atomic E-state index is 10.7. The number of carboxylic acid groups (broad SMARTS) is 1. The highest BCUT2D eigenvalue weighted by atomic mass is 32.3. The summed E-state index contributed by atoms with van der Waals surface area (Å²) in [5.74, 6) is -1.58. The third-order valence-corrected chi connectivity index (χ3v) is 2.72. The molecule has 11 heteroatoms. The van der Waals surface area contributed by atoms with Crippen LogP contribution in [0.1, 0.15) is 0 Å². The molecular weight excluding hydrogens is 276 g/mol. The fraction of sp³-hybridized carbons (Fsp3) is 0.857. The Morgan fingerprint density at radius 3 is 2.22 bits per heavy atom. The van der Waals surface area contributed by atoms with E-state index in [2.05, 4.69) is 8.92 Å². The first kappa shape index (κ1) is 15.2. The maximum Gasteiger partial charge on any atom is 0.397 e. The number of aliphatic hydroxyl groups is 2. The predicted molar refractivity (Wildman–Crippen MR) is 51.7 cm³/mol. The predicted octanol–water partition coefficient (Wildman–Crippen LogP) is -2.65. The van der Waals surface area contributed by atoms with Gasteiger partial charge in [-0.25, -0.2) is 8.98 Å². The minimum Gasteiger partial charge on any atom is -0.479 e. The van der Waals surface area contributed by atoms with E-state index in [1.165, 1.54) is 0 Å². The Kier molecular flexibility index (Phi) is 4.61. The monoisotopic (exact) mass is 288 g/mol. The van der Waals surface area contributed by atoms with E-state index in [1.807, 2.05) is 0 Å². The molecule has 106 valence electrons. The first-order valence-electron chi connectivity index (χ1n) is 4.60. The summed E-state index contributed by atoms with van der Waals surface area (Å²) < 4.78 is 42.9. The molecule has 1 saturated heterocycles. The molecule has 10 nitrogen and oxygen atoms in total. The zero-order chi connectivity index (χ0) is 14.1. The van der Waals surface area contributed by atoms with E-state index in [0.717, 1.165) is 7.11 Å². The van der Waals surface area contributed by atoms with Crippen LogP contribution in [0.25, 0.3) is 0 Å². The zero-order valence-electron chi connectivity index (χ0n) is 9.03. The van der Waals surface area contributed by atoms with Crippen LogP contribution in [0.5, 0.6) is 0 Å². The summed E-state index contributed by atoms with van der Waals surface area (Å²) in [6.45, 7) is 0. The fourth-order valence-electron chi connectivity index (χ4n) is 1.47. The second kappa shape index (κ2) is 5.44. The van der Waals surface area contributed by atoms with Crippen LogP contribution in [0, 0.1) is 0 Å². The molecule has 0 aromatic carbocycles. The van der Waals surface area contributed by atoms with Gasteiger partial charge in [0.1, 0.15) is 12.2 Å². The Labute approximate surface area is 102 Å². The number of ether oxygens (including phenoxy) is 2. The first-order chi connectivity index (χ1) is 8.17. The van der Waals surface area contributed by atoms with Crippen molar-refractivity contribution in [2.24, 2.45) is 0 Å². The lowest BCUT2D eigenvalue weighted by Crippen LogP contribution is -2.61. The molecule has 18 heavy (non-hydrogen) atoms. The summed E-state index contributed by atoms with van der Waals surface area (Å²) in [7, 11) is -3.90. The SMILES string of the molecule is COC1OC(C(=O)O)[C@H](O)[C@H](O)C1OS(=O)(=O)O.